The van der Waals surface area contributed by atoms with Crippen molar-refractivity contribution in [2.45, 2.75) is 20.3 Å². The van der Waals surface area contributed by atoms with Crippen LogP contribution in [0.4, 0.5) is 33.0 Å². The minimum Gasteiger partial charge on any atom is -0.385 e. The van der Waals surface area contributed by atoms with Gasteiger partial charge in [0.05, 0.1) is 24.3 Å². The van der Waals surface area contributed by atoms with Crippen molar-refractivity contribution in [2.24, 2.45) is 34.6 Å². The Balaban J connectivity index is 1.23. The van der Waals surface area contributed by atoms with Gasteiger partial charge in [-0.3, -0.25) is 0 Å². The number of nitrogens with one attached hydrogen (secondary N) is 2. The first-order chi connectivity index (χ1) is 17.0. The predicted molar refractivity (Wildman–Crippen MR) is 143 cm³/mol. The Morgan fingerprint density at radius 2 is 1.14 bits per heavy atom. The first-order valence-electron chi connectivity index (χ1n) is 11.4. The molecule has 0 spiro atoms. The maximum Gasteiger partial charge on any atom is 0.408 e. The number of nitrogens with zero attached hydrogens (tertiary/aromatic N) is 6. The van der Waals surface area contributed by atoms with Crippen molar-refractivity contribution in [1.29, 1.82) is 0 Å². The minimum atomic E-state index is 0.853. The first-order valence-corrected chi connectivity index (χ1v) is 13.1. The molecule has 2 heterocycles. The third-order valence-corrected chi connectivity index (χ3v) is 7.10. The highest BCUT2D eigenvalue weighted by molar-refractivity contribution is 7.13. The van der Waals surface area contributed by atoms with Crippen LogP contribution in [0.1, 0.15) is 17.5 Å². The van der Waals surface area contributed by atoms with E-state index in [9.17, 15) is 0 Å². The molecule has 0 fully saturated rings. The second-order valence-electron chi connectivity index (χ2n) is 8.20. The van der Waals surface area contributed by atoms with Crippen LogP contribution in [-0.2, 0) is 14.1 Å². The standard InChI is InChI=1S/C25H28N8S2/c1-18-16-20(28-30-24-32(3)12-14-34-24)6-8-22(18)26-10-5-11-27-23-9-7-21(17-19(23)2)29-31-25-33(4)13-15-35-25/h6-9,12-17H,5,10-11H2,1-4H3/p+2. The van der Waals surface area contributed by atoms with Gasteiger partial charge >= 0.3 is 10.3 Å². The van der Waals surface area contributed by atoms with E-state index in [1.54, 1.807) is 22.7 Å². The van der Waals surface area contributed by atoms with E-state index in [4.69, 9.17) is 0 Å². The molecule has 35 heavy (non-hydrogen) atoms. The second kappa shape index (κ2) is 11.8. The molecule has 0 radical (unpaired) electrons. The SMILES string of the molecule is Cc1cc(/N=N/c2scc[n+]2C)ccc1NCCCNc1ccc(/N=N/c2scc[n+]2C)cc1C. The fourth-order valence-electron chi connectivity index (χ4n) is 3.40. The Morgan fingerprint density at radius 1 is 0.686 bits per heavy atom. The first kappa shape index (κ1) is 24.6. The molecule has 0 aliphatic carbocycles. The van der Waals surface area contributed by atoms with Crippen LogP contribution < -0.4 is 19.8 Å². The Kier molecular flexibility index (Phi) is 8.27. The summed E-state index contributed by atoms with van der Waals surface area (Å²) in [6, 6.07) is 12.2. The molecule has 0 aliphatic rings. The smallest absolute Gasteiger partial charge is 0.385 e. The summed E-state index contributed by atoms with van der Waals surface area (Å²) in [6.07, 6.45) is 4.94. The van der Waals surface area contributed by atoms with Crippen LogP contribution in [0.25, 0.3) is 0 Å². The van der Waals surface area contributed by atoms with E-state index in [-0.39, 0.29) is 0 Å². The van der Waals surface area contributed by atoms with E-state index in [0.717, 1.165) is 63.6 Å². The van der Waals surface area contributed by atoms with Crippen molar-refractivity contribution in [1.82, 2.24) is 0 Å². The number of aromatic nitrogens is 2. The summed E-state index contributed by atoms with van der Waals surface area (Å²) in [7, 11) is 3.93. The average Bonchev–Trinajstić information content (AvgIpc) is 3.45. The number of hydrogen-bond acceptors (Lipinski definition) is 8. The van der Waals surface area contributed by atoms with Crippen molar-refractivity contribution >= 4 is 55.7 Å². The number of benzene rings is 2. The van der Waals surface area contributed by atoms with Gasteiger partial charge in [0.2, 0.25) is 0 Å². The molecule has 4 rings (SSSR count). The summed E-state index contributed by atoms with van der Waals surface area (Å²) < 4.78 is 3.91. The molecule has 0 saturated heterocycles. The summed E-state index contributed by atoms with van der Waals surface area (Å²) in [6.45, 7) is 5.93. The van der Waals surface area contributed by atoms with Crippen LogP contribution in [0.15, 0.2) is 80.0 Å². The largest absolute Gasteiger partial charge is 0.408 e. The number of rotatable bonds is 10. The van der Waals surface area contributed by atoms with Crippen LogP contribution in [0, 0.1) is 13.8 Å². The molecule has 0 bridgehead atoms. The Bertz CT molecular complexity index is 1240. The molecular formula is C25H30N8S2+2. The quantitative estimate of drug-likeness (QED) is 0.141. The maximum atomic E-state index is 4.36. The Morgan fingerprint density at radius 3 is 1.51 bits per heavy atom. The highest BCUT2D eigenvalue weighted by Gasteiger charge is 2.09. The highest BCUT2D eigenvalue weighted by atomic mass is 32.1. The second-order valence-corrected chi connectivity index (χ2v) is 9.94. The van der Waals surface area contributed by atoms with E-state index in [1.807, 2.05) is 58.5 Å². The monoisotopic (exact) mass is 506 g/mol. The third-order valence-electron chi connectivity index (χ3n) is 5.43. The van der Waals surface area contributed by atoms with Gasteiger partial charge in [-0.2, -0.15) is 0 Å². The van der Waals surface area contributed by atoms with Crippen LogP contribution >= 0.6 is 22.7 Å². The number of thiazole rings is 2. The van der Waals surface area contributed by atoms with Gasteiger partial charge in [0.1, 0.15) is 23.8 Å². The van der Waals surface area contributed by atoms with E-state index >= 15 is 0 Å². The lowest BCUT2D eigenvalue weighted by atomic mass is 10.1. The summed E-state index contributed by atoms with van der Waals surface area (Å²) in [5.41, 5.74) is 6.26. The van der Waals surface area contributed by atoms with Gasteiger partial charge in [-0.1, -0.05) is 0 Å². The maximum absolute atomic E-state index is 4.36. The molecule has 0 saturated carbocycles. The van der Waals surface area contributed by atoms with Gasteiger partial charge in [0, 0.05) is 35.2 Å². The third kappa shape index (κ3) is 6.77. The van der Waals surface area contributed by atoms with Crippen molar-refractivity contribution < 1.29 is 9.13 Å². The van der Waals surface area contributed by atoms with Crippen molar-refractivity contribution in [2.75, 3.05) is 23.7 Å². The van der Waals surface area contributed by atoms with Crippen LogP contribution in [0.2, 0.25) is 0 Å². The number of anilines is 2. The molecule has 8 nitrogen and oxygen atoms in total. The summed E-state index contributed by atoms with van der Waals surface area (Å²) in [5.74, 6) is 0. The molecule has 2 N–H and O–H groups in total. The van der Waals surface area contributed by atoms with Gasteiger partial charge in [0.15, 0.2) is 0 Å². The lowest BCUT2D eigenvalue weighted by molar-refractivity contribution is -0.654. The zero-order chi connectivity index (χ0) is 24.6. The summed E-state index contributed by atoms with van der Waals surface area (Å²) >= 11 is 3.14. The Hall–Kier alpha value is -3.50. The number of hydrogen-bond donors (Lipinski definition) is 2. The van der Waals surface area contributed by atoms with Crippen molar-refractivity contribution in [3.8, 4) is 0 Å². The minimum absolute atomic E-state index is 0.853. The average molecular weight is 507 g/mol. The highest BCUT2D eigenvalue weighted by Crippen LogP contribution is 2.25. The lowest BCUT2D eigenvalue weighted by Crippen LogP contribution is -2.23. The van der Waals surface area contributed by atoms with Crippen molar-refractivity contribution in [3.63, 3.8) is 0 Å². The molecule has 0 unspecified atom stereocenters. The fraction of sp³-hybridized carbons (Fsp3) is 0.280. The van der Waals surface area contributed by atoms with E-state index in [0.29, 0.717) is 0 Å². The van der Waals surface area contributed by atoms with Gasteiger partial charge in [-0.05, 0) is 101 Å². The fourth-order valence-corrected chi connectivity index (χ4v) is 4.76. The summed E-state index contributed by atoms with van der Waals surface area (Å²) in [4.78, 5) is 0. The zero-order valence-corrected chi connectivity index (χ0v) is 22.0. The molecule has 2 aromatic heterocycles. The lowest BCUT2D eigenvalue weighted by Gasteiger charge is -2.12. The molecule has 0 atom stereocenters. The molecule has 0 aliphatic heterocycles. The van der Waals surface area contributed by atoms with Gasteiger partial charge in [0.25, 0.3) is 0 Å². The predicted octanol–water partition coefficient (Wildman–Crippen LogP) is 6.82. The molecule has 10 heteroatoms. The van der Waals surface area contributed by atoms with E-state index in [1.165, 1.54) is 0 Å². The summed E-state index contributed by atoms with van der Waals surface area (Å²) in [5, 5.41) is 30.2. The molecular weight excluding hydrogens is 476 g/mol. The zero-order valence-electron chi connectivity index (χ0n) is 20.4. The molecule has 180 valence electrons. The number of azo groups is 2. The topological polar surface area (TPSA) is 81.3 Å². The van der Waals surface area contributed by atoms with Gasteiger partial charge < -0.3 is 10.6 Å². The normalized spacial score (nSPS) is 11.5. The molecule has 0 amide bonds. The number of aryl methyl sites for hydroxylation is 4. The van der Waals surface area contributed by atoms with Crippen LogP contribution in [0.3, 0.4) is 0 Å². The van der Waals surface area contributed by atoms with Crippen molar-refractivity contribution in [3.05, 3.63) is 70.7 Å². The van der Waals surface area contributed by atoms with Gasteiger partial charge in [-0.25, -0.2) is 9.13 Å². The van der Waals surface area contributed by atoms with Crippen LogP contribution in [0.5, 0.6) is 0 Å². The van der Waals surface area contributed by atoms with Crippen LogP contribution in [-0.4, -0.2) is 13.1 Å². The molecule has 2 aromatic carbocycles. The van der Waals surface area contributed by atoms with E-state index < -0.39 is 0 Å². The van der Waals surface area contributed by atoms with E-state index in [2.05, 4.69) is 69.2 Å². The Labute approximate surface area is 213 Å². The molecule has 4 aromatic rings. The van der Waals surface area contributed by atoms with Gasteiger partial charge in [-0.15, -0.1) is 0 Å².